The summed E-state index contributed by atoms with van der Waals surface area (Å²) in [4.78, 5) is 12.6. The van der Waals surface area contributed by atoms with Crippen LogP contribution in [0, 0.1) is 0 Å². The van der Waals surface area contributed by atoms with Crippen LogP contribution in [0.5, 0.6) is 5.75 Å². The summed E-state index contributed by atoms with van der Waals surface area (Å²) in [6, 6.07) is 9.13. The smallest absolute Gasteiger partial charge is 0.252 e. The molecule has 0 atom stereocenters. The van der Waals surface area contributed by atoms with Crippen LogP contribution in [-0.4, -0.2) is 44.9 Å². The summed E-state index contributed by atoms with van der Waals surface area (Å²) in [5, 5.41) is 3.85. The summed E-state index contributed by atoms with van der Waals surface area (Å²) in [5.41, 5.74) is 0.124. The quantitative estimate of drug-likeness (QED) is 0.546. The fourth-order valence-electron chi connectivity index (χ4n) is 3.06. The number of ether oxygens (including phenoxy) is 1. The predicted molar refractivity (Wildman–Crippen MR) is 118 cm³/mol. The first kappa shape index (κ1) is 23.2. The number of amides is 1. The zero-order valence-corrected chi connectivity index (χ0v) is 19.1. The molecule has 6 nitrogen and oxygen atoms in total. The minimum atomic E-state index is -3.63. The van der Waals surface area contributed by atoms with Gasteiger partial charge in [-0.05, 0) is 55.7 Å². The van der Waals surface area contributed by atoms with E-state index >= 15 is 0 Å². The summed E-state index contributed by atoms with van der Waals surface area (Å²) in [6.07, 6.45) is 2.20. The molecule has 0 spiro atoms. The number of rotatable bonds is 8. The van der Waals surface area contributed by atoms with Gasteiger partial charge in [0.15, 0.2) is 0 Å². The van der Waals surface area contributed by atoms with E-state index in [1.807, 2.05) is 0 Å². The molecule has 1 amide bonds. The number of carbonyl (C=O) groups is 1. The molecule has 3 rings (SSSR count). The van der Waals surface area contributed by atoms with E-state index in [0.29, 0.717) is 48.5 Å². The molecule has 0 unspecified atom stereocenters. The molecule has 0 aromatic heterocycles. The molecular formula is C20H21Cl3N2O4S. The lowest BCUT2D eigenvalue weighted by Gasteiger charge is -2.16. The second kappa shape index (κ2) is 10.2. The molecule has 0 radical (unpaired) electrons. The van der Waals surface area contributed by atoms with Gasteiger partial charge in [0.25, 0.3) is 5.91 Å². The molecule has 2 aromatic rings. The zero-order chi connectivity index (χ0) is 21.7. The van der Waals surface area contributed by atoms with Crippen molar-refractivity contribution in [1.82, 2.24) is 9.62 Å². The van der Waals surface area contributed by atoms with Crippen molar-refractivity contribution in [2.75, 3.05) is 26.2 Å². The highest BCUT2D eigenvalue weighted by atomic mass is 35.5. The van der Waals surface area contributed by atoms with Gasteiger partial charge in [0.05, 0.1) is 27.1 Å². The van der Waals surface area contributed by atoms with E-state index in [0.717, 1.165) is 12.8 Å². The Bertz CT molecular complexity index is 1020. The highest BCUT2D eigenvalue weighted by Crippen LogP contribution is 2.28. The molecule has 1 aliphatic heterocycles. The van der Waals surface area contributed by atoms with Crippen LogP contribution < -0.4 is 10.1 Å². The van der Waals surface area contributed by atoms with Gasteiger partial charge in [-0.3, -0.25) is 4.79 Å². The number of hydrogen-bond donors (Lipinski definition) is 1. The van der Waals surface area contributed by atoms with Crippen LogP contribution in [0.25, 0.3) is 0 Å². The second-order valence-electron chi connectivity index (χ2n) is 6.79. The van der Waals surface area contributed by atoms with E-state index in [-0.39, 0.29) is 15.5 Å². The largest absolute Gasteiger partial charge is 0.492 e. The SMILES string of the molecule is O=C(NCCCOc1ccc(Cl)cc1Cl)c1cc(S(=O)(=O)N2CCCC2)ccc1Cl. The average Bonchev–Trinajstić information content (AvgIpc) is 3.25. The third-order valence-corrected chi connectivity index (χ3v) is 7.40. The predicted octanol–water partition coefficient (Wildman–Crippen LogP) is 4.63. The first-order valence-corrected chi connectivity index (χ1v) is 12.0. The third-order valence-electron chi connectivity index (χ3n) is 4.64. The Labute approximate surface area is 191 Å². The lowest BCUT2D eigenvalue weighted by atomic mass is 10.2. The van der Waals surface area contributed by atoms with Crippen LogP contribution in [0.4, 0.5) is 0 Å². The van der Waals surface area contributed by atoms with Gasteiger partial charge >= 0.3 is 0 Å². The number of sulfonamides is 1. The van der Waals surface area contributed by atoms with Crippen molar-refractivity contribution in [2.24, 2.45) is 0 Å². The lowest BCUT2D eigenvalue weighted by molar-refractivity contribution is 0.0951. The van der Waals surface area contributed by atoms with Crippen molar-refractivity contribution >= 4 is 50.7 Å². The van der Waals surface area contributed by atoms with Crippen molar-refractivity contribution in [3.63, 3.8) is 0 Å². The van der Waals surface area contributed by atoms with Gasteiger partial charge in [0.1, 0.15) is 5.75 Å². The molecule has 0 saturated carbocycles. The Morgan fingerprint density at radius 1 is 1.03 bits per heavy atom. The number of benzene rings is 2. The Hall–Kier alpha value is -1.51. The van der Waals surface area contributed by atoms with Crippen molar-refractivity contribution in [1.29, 1.82) is 0 Å². The van der Waals surface area contributed by atoms with Crippen LogP contribution in [0.3, 0.4) is 0 Å². The van der Waals surface area contributed by atoms with Crippen LogP contribution >= 0.6 is 34.8 Å². The lowest BCUT2D eigenvalue weighted by Crippen LogP contribution is -2.29. The molecular weight excluding hydrogens is 471 g/mol. The average molecular weight is 492 g/mol. The molecule has 1 aliphatic rings. The van der Waals surface area contributed by atoms with E-state index in [2.05, 4.69) is 5.32 Å². The maximum Gasteiger partial charge on any atom is 0.252 e. The summed E-state index contributed by atoms with van der Waals surface area (Å²) >= 11 is 18.0. The van der Waals surface area contributed by atoms with Gasteiger partial charge in [0, 0.05) is 24.7 Å². The van der Waals surface area contributed by atoms with Crippen molar-refractivity contribution in [3.05, 3.63) is 57.0 Å². The maximum absolute atomic E-state index is 12.7. The first-order valence-electron chi connectivity index (χ1n) is 9.45. The van der Waals surface area contributed by atoms with Crippen LogP contribution in [0.1, 0.15) is 29.6 Å². The molecule has 10 heteroatoms. The Morgan fingerprint density at radius 2 is 1.77 bits per heavy atom. The highest BCUT2D eigenvalue weighted by molar-refractivity contribution is 7.89. The van der Waals surface area contributed by atoms with Crippen LogP contribution in [-0.2, 0) is 10.0 Å². The summed E-state index contributed by atoms with van der Waals surface area (Å²) in [7, 11) is -3.63. The Kier molecular flexibility index (Phi) is 7.87. The molecule has 0 bridgehead atoms. The fraction of sp³-hybridized carbons (Fsp3) is 0.350. The fourth-order valence-corrected chi connectivity index (χ4v) is 5.27. The van der Waals surface area contributed by atoms with E-state index < -0.39 is 15.9 Å². The second-order valence-corrected chi connectivity index (χ2v) is 9.97. The highest BCUT2D eigenvalue weighted by Gasteiger charge is 2.28. The number of nitrogens with one attached hydrogen (secondary N) is 1. The zero-order valence-electron chi connectivity index (χ0n) is 16.0. The molecule has 1 N–H and O–H groups in total. The normalized spacial score (nSPS) is 14.6. The molecule has 2 aromatic carbocycles. The summed E-state index contributed by atoms with van der Waals surface area (Å²) in [6.45, 7) is 1.64. The topological polar surface area (TPSA) is 75.7 Å². The Morgan fingerprint density at radius 3 is 2.47 bits per heavy atom. The molecule has 1 fully saturated rings. The summed E-state index contributed by atoms with van der Waals surface area (Å²) in [5.74, 6) is 0.0678. The van der Waals surface area contributed by atoms with Crippen LogP contribution in [0.15, 0.2) is 41.3 Å². The molecule has 0 aliphatic carbocycles. The van der Waals surface area contributed by atoms with E-state index in [9.17, 15) is 13.2 Å². The van der Waals surface area contributed by atoms with Gasteiger partial charge in [-0.15, -0.1) is 0 Å². The molecule has 30 heavy (non-hydrogen) atoms. The van der Waals surface area contributed by atoms with Gasteiger partial charge in [-0.25, -0.2) is 8.42 Å². The minimum absolute atomic E-state index is 0.0691. The number of hydrogen-bond acceptors (Lipinski definition) is 4. The van der Waals surface area contributed by atoms with Crippen LogP contribution in [0.2, 0.25) is 15.1 Å². The van der Waals surface area contributed by atoms with E-state index in [1.54, 1.807) is 18.2 Å². The third kappa shape index (κ3) is 5.59. The first-order chi connectivity index (χ1) is 14.3. The van der Waals surface area contributed by atoms with Gasteiger partial charge in [-0.1, -0.05) is 34.8 Å². The van der Waals surface area contributed by atoms with Gasteiger partial charge in [0.2, 0.25) is 10.0 Å². The standard InChI is InChI=1S/C20H21Cl3N2O4S/c21-14-4-7-19(18(23)12-14)29-11-3-8-24-20(26)16-13-15(5-6-17(16)22)30(27,28)25-9-1-2-10-25/h4-7,12-13H,1-3,8-11H2,(H,24,26). The summed E-state index contributed by atoms with van der Waals surface area (Å²) < 4.78 is 32.4. The maximum atomic E-state index is 12.7. The molecule has 1 heterocycles. The van der Waals surface area contributed by atoms with Gasteiger partial charge in [-0.2, -0.15) is 4.31 Å². The Balaban J connectivity index is 1.56. The van der Waals surface area contributed by atoms with Gasteiger partial charge < -0.3 is 10.1 Å². The molecule has 1 saturated heterocycles. The number of nitrogens with zero attached hydrogens (tertiary/aromatic N) is 1. The van der Waals surface area contributed by atoms with Crippen molar-refractivity contribution in [2.45, 2.75) is 24.2 Å². The monoisotopic (exact) mass is 490 g/mol. The van der Waals surface area contributed by atoms with E-state index in [1.165, 1.54) is 22.5 Å². The van der Waals surface area contributed by atoms with E-state index in [4.69, 9.17) is 39.5 Å². The number of carbonyl (C=O) groups excluding carboxylic acids is 1. The minimum Gasteiger partial charge on any atom is -0.492 e. The number of halogens is 3. The molecule has 162 valence electrons. The van der Waals surface area contributed by atoms with Crippen molar-refractivity contribution in [3.8, 4) is 5.75 Å². The van der Waals surface area contributed by atoms with Crippen molar-refractivity contribution < 1.29 is 17.9 Å².